The molecule has 1 fully saturated rings. The van der Waals surface area contributed by atoms with Gasteiger partial charge in [0.15, 0.2) is 0 Å². The summed E-state index contributed by atoms with van der Waals surface area (Å²) in [4.78, 5) is 29.5. The first-order valence-electron chi connectivity index (χ1n) is 10.8. The normalized spacial score (nSPS) is 19.0. The molecule has 2 aromatic carbocycles. The Bertz CT molecular complexity index is 1060. The second-order valence-electron chi connectivity index (χ2n) is 8.32. The number of esters is 1. The fourth-order valence-electron chi connectivity index (χ4n) is 4.54. The first-order valence-corrected chi connectivity index (χ1v) is 10.8. The number of amides is 1. The number of piperazine rings is 1. The van der Waals surface area contributed by atoms with Gasteiger partial charge < -0.3 is 14.1 Å². The lowest BCUT2D eigenvalue weighted by atomic mass is 10.00. The quantitative estimate of drug-likeness (QED) is 0.557. The van der Waals surface area contributed by atoms with Crippen LogP contribution in [0, 0.1) is 0 Å². The zero-order valence-electron chi connectivity index (χ0n) is 18.7. The van der Waals surface area contributed by atoms with Gasteiger partial charge in [0.2, 0.25) is 0 Å². The number of carbonyl (C=O) groups excluding carboxylic acids is 2. The van der Waals surface area contributed by atoms with E-state index in [0.717, 1.165) is 30.8 Å². The highest BCUT2D eigenvalue weighted by Crippen LogP contribution is 2.28. The van der Waals surface area contributed by atoms with E-state index in [2.05, 4.69) is 18.7 Å². The fraction of sp³-hybridized carbons (Fsp3) is 0.308. The smallest absolute Gasteiger partial charge is 0.337 e. The van der Waals surface area contributed by atoms with Crippen molar-refractivity contribution in [3.05, 3.63) is 83.6 Å². The average Bonchev–Trinajstić information content (AvgIpc) is 3.33. The number of benzene rings is 2. The highest BCUT2D eigenvalue weighted by Gasteiger charge is 2.34. The van der Waals surface area contributed by atoms with Crippen molar-refractivity contribution in [2.75, 3.05) is 20.2 Å². The SMILES string of the molecule is COC(=O)c1ccc(CN2C[C@@H](C)N(C(=O)c3ccccc3-c3ccco3)[C@@H](C)C2)cc1. The van der Waals surface area contributed by atoms with Gasteiger partial charge in [0.25, 0.3) is 5.91 Å². The molecule has 1 amide bonds. The van der Waals surface area contributed by atoms with E-state index in [9.17, 15) is 9.59 Å². The van der Waals surface area contributed by atoms with E-state index in [4.69, 9.17) is 9.15 Å². The van der Waals surface area contributed by atoms with Crippen LogP contribution in [0.25, 0.3) is 11.3 Å². The number of nitrogens with zero attached hydrogens (tertiary/aromatic N) is 2. The number of hydrogen-bond acceptors (Lipinski definition) is 5. The Balaban J connectivity index is 1.47. The summed E-state index contributed by atoms with van der Waals surface area (Å²) in [6.07, 6.45) is 1.62. The topological polar surface area (TPSA) is 63.0 Å². The third-order valence-electron chi connectivity index (χ3n) is 5.95. The lowest BCUT2D eigenvalue weighted by Crippen LogP contribution is -2.58. The second-order valence-corrected chi connectivity index (χ2v) is 8.32. The first kappa shape index (κ1) is 21.8. The third kappa shape index (κ3) is 4.46. The van der Waals surface area contributed by atoms with Crippen LogP contribution in [-0.2, 0) is 11.3 Å². The van der Waals surface area contributed by atoms with Crippen LogP contribution in [0.1, 0.15) is 40.1 Å². The summed E-state index contributed by atoms with van der Waals surface area (Å²) in [5.74, 6) is 0.392. The van der Waals surface area contributed by atoms with Gasteiger partial charge in [-0.15, -0.1) is 0 Å². The largest absolute Gasteiger partial charge is 0.465 e. The van der Waals surface area contributed by atoms with E-state index in [1.807, 2.05) is 53.4 Å². The Kier molecular flexibility index (Phi) is 6.42. The summed E-state index contributed by atoms with van der Waals surface area (Å²) in [6.45, 7) is 6.50. The Labute approximate surface area is 188 Å². The van der Waals surface area contributed by atoms with Gasteiger partial charge in [-0.2, -0.15) is 0 Å². The Hall–Kier alpha value is -3.38. The summed E-state index contributed by atoms with van der Waals surface area (Å²) in [6, 6.07) is 18.9. The zero-order valence-corrected chi connectivity index (χ0v) is 18.7. The van der Waals surface area contributed by atoms with E-state index in [-0.39, 0.29) is 24.0 Å². The molecule has 0 bridgehead atoms. The predicted octanol–water partition coefficient (Wildman–Crippen LogP) is 4.47. The van der Waals surface area contributed by atoms with Crippen LogP contribution in [-0.4, -0.2) is 54.0 Å². The van der Waals surface area contributed by atoms with Gasteiger partial charge in [-0.1, -0.05) is 30.3 Å². The van der Waals surface area contributed by atoms with Crippen molar-refractivity contribution in [2.24, 2.45) is 0 Å². The van der Waals surface area contributed by atoms with E-state index in [0.29, 0.717) is 16.9 Å². The molecule has 0 radical (unpaired) electrons. The fourth-order valence-corrected chi connectivity index (χ4v) is 4.54. The molecule has 6 nitrogen and oxygen atoms in total. The van der Waals surface area contributed by atoms with Crippen LogP contribution < -0.4 is 0 Å². The van der Waals surface area contributed by atoms with Crippen molar-refractivity contribution in [1.29, 1.82) is 0 Å². The highest BCUT2D eigenvalue weighted by molar-refractivity contribution is 6.00. The van der Waals surface area contributed by atoms with Crippen LogP contribution in [0.2, 0.25) is 0 Å². The molecule has 0 aliphatic carbocycles. The molecule has 6 heteroatoms. The minimum Gasteiger partial charge on any atom is -0.465 e. The van der Waals surface area contributed by atoms with Crippen molar-refractivity contribution in [1.82, 2.24) is 9.80 Å². The molecular weight excluding hydrogens is 404 g/mol. The van der Waals surface area contributed by atoms with Crippen LogP contribution >= 0.6 is 0 Å². The third-order valence-corrected chi connectivity index (χ3v) is 5.95. The van der Waals surface area contributed by atoms with Crippen LogP contribution in [0.4, 0.5) is 0 Å². The molecule has 32 heavy (non-hydrogen) atoms. The number of carbonyl (C=O) groups is 2. The average molecular weight is 433 g/mol. The molecule has 4 rings (SSSR count). The monoisotopic (exact) mass is 432 g/mol. The molecule has 1 aromatic heterocycles. The molecule has 0 saturated carbocycles. The summed E-state index contributed by atoms with van der Waals surface area (Å²) in [7, 11) is 1.38. The molecule has 1 aliphatic rings. The van der Waals surface area contributed by atoms with Crippen molar-refractivity contribution >= 4 is 11.9 Å². The maximum Gasteiger partial charge on any atom is 0.337 e. The standard InChI is InChI=1S/C26H28N2O4/c1-18-15-27(17-20-10-12-21(13-11-20)26(30)31-3)16-19(2)28(18)25(29)23-8-5-4-7-22(23)24-9-6-14-32-24/h4-14,18-19H,15-17H2,1-3H3/t18-,19+. The predicted molar refractivity (Wildman–Crippen MR) is 122 cm³/mol. The Morgan fingerprint density at radius 2 is 1.66 bits per heavy atom. The zero-order chi connectivity index (χ0) is 22.7. The van der Waals surface area contributed by atoms with Crippen molar-refractivity contribution < 1.29 is 18.7 Å². The number of hydrogen-bond donors (Lipinski definition) is 0. The molecule has 166 valence electrons. The van der Waals surface area contributed by atoms with Gasteiger partial charge in [-0.3, -0.25) is 9.69 Å². The summed E-state index contributed by atoms with van der Waals surface area (Å²) < 4.78 is 10.3. The van der Waals surface area contributed by atoms with Crippen molar-refractivity contribution in [3.63, 3.8) is 0 Å². The first-order chi connectivity index (χ1) is 15.5. The molecule has 2 heterocycles. The van der Waals surface area contributed by atoms with Gasteiger partial charge in [-0.05, 0) is 49.7 Å². The molecular formula is C26H28N2O4. The molecule has 2 atom stereocenters. The maximum atomic E-state index is 13.6. The number of methoxy groups -OCH3 is 1. The van der Waals surface area contributed by atoms with E-state index >= 15 is 0 Å². The van der Waals surface area contributed by atoms with Gasteiger partial charge in [0.05, 0.1) is 24.5 Å². The molecule has 0 spiro atoms. The number of rotatable bonds is 5. The maximum absolute atomic E-state index is 13.6. The van der Waals surface area contributed by atoms with Gasteiger partial charge in [0, 0.05) is 37.3 Å². The number of furan rings is 1. The number of ether oxygens (including phenoxy) is 1. The van der Waals surface area contributed by atoms with Crippen molar-refractivity contribution in [3.8, 4) is 11.3 Å². The highest BCUT2D eigenvalue weighted by atomic mass is 16.5. The van der Waals surface area contributed by atoms with E-state index < -0.39 is 0 Å². The minimum atomic E-state index is -0.333. The van der Waals surface area contributed by atoms with Crippen molar-refractivity contribution in [2.45, 2.75) is 32.5 Å². The van der Waals surface area contributed by atoms with Gasteiger partial charge in [-0.25, -0.2) is 4.79 Å². The molecule has 1 saturated heterocycles. The summed E-state index contributed by atoms with van der Waals surface area (Å²) in [5, 5.41) is 0. The second kappa shape index (κ2) is 9.40. The summed E-state index contributed by atoms with van der Waals surface area (Å²) in [5.41, 5.74) is 3.15. The van der Waals surface area contributed by atoms with Crippen LogP contribution in [0.5, 0.6) is 0 Å². The van der Waals surface area contributed by atoms with Crippen LogP contribution in [0.3, 0.4) is 0 Å². The van der Waals surface area contributed by atoms with E-state index in [1.54, 1.807) is 18.4 Å². The minimum absolute atomic E-state index is 0.0269. The molecule has 0 N–H and O–H groups in total. The Morgan fingerprint density at radius 3 is 2.28 bits per heavy atom. The molecule has 3 aromatic rings. The van der Waals surface area contributed by atoms with Gasteiger partial charge >= 0.3 is 5.97 Å². The van der Waals surface area contributed by atoms with E-state index in [1.165, 1.54) is 7.11 Å². The lowest BCUT2D eigenvalue weighted by Gasteiger charge is -2.44. The van der Waals surface area contributed by atoms with Gasteiger partial charge in [0.1, 0.15) is 5.76 Å². The van der Waals surface area contributed by atoms with Crippen LogP contribution in [0.15, 0.2) is 71.3 Å². The Morgan fingerprint density at radius 1 is 0.969 bits per heavy atom. The summed E-state index contributed by atoms with van der Waals surface area (Å²) >= 11 is 0. The molecule has 1 aliphatic heterocycles. The molecule has 0 unspecified atom stereocenters. The lowest BCUT2D eigenvalue weighted by molar-refractivity contribution is 0.0269.